The Kier molecular flexibility index (Phi) is 4.54. The average molecular weight is 301 g/mol. The van der Waals surface area contributed by atoms with Crippen molar-refractivity contribution in [1.29, 1.82) is 0 Å². The fourth-order valence-corrected chi connectivity index (χ4v) is 2.82. The van der Waals surface area contributed by atoms with Crippen LogP contribution in [0.5, 0.6) is 0 Å². The molecule has 94 valence electrons. The largest absolute Gasteiger partial charge is 0.329 e. The highest BCUT2D eigenvalue weighted by Gasteiger charge is 2.21. The molecule has 1 saturated carbocycles. The predicted molar refractivity (Wildman–Crippen MR) is 71.3 cm³/mol. The lowest BCUT2D eigenvalue weighted by Crippen LogP contribution is -2.35. The maximum atomic E-state index is 13.8. The Morgan fingerprint density at radius 3 is 2.76 bits per heavy atom. The first-order chi connectivity index (χ1) is 8.20. The molecule has 1 aliphatic rings. The van der Waals surface area contributed by atoms with Crippen LogP contribution in [0.1, 0.15) is 37.3 Å². The molecule has 1 unspecified atom stereocenters. The molecule has 2 rings (SSSR count). The normalized spacial score (nSPS) is 18.5. The maximum Gasteiger partial charge on any atom is 0.128 e. The van der Waals surface area contributed by atoms with E-state index >= 15 is 0 Å². The quantitative estimate of drug-likeness (QED) is 0.896. The summed E-state index contributed by atoms with van der Waals surface area (Å²) in [5.74, 6) is -0.186. The second-order valence-electron chi connectivity index (χ2n) is 4.60. The Labute approximate surface area is 110 Å². The second kappa shape index (κ2) is 5.94. The van der Waals surface area contributed by atoms with Crippen LogP contribution >= 0.6 is 15.9 Å². The lowest BCUT2D eigenvalue weighted by Gasteiger charge is -2.22. The summed E-state index contributed by atoms with van der Waals surface area (Å²) in [7, 11) is 0. The van der Waals surface area contributed by atoms with Gasteiger partial charge in [-0.1, -0.05) is 28.8 Å². The van der Waals surface area contributed by atoms with Crippen LogP contribution in [0.2, 0.25) is 0 Å². The summed E-state index contributed by atoms with van der Waals surface area (Å²) in [6.45, 7) is 0.421. The number of rotatable bonds is 4. The minimum Gasteiger partial charge on any atom is -0.329 e. The van der Waals surface area contributed by atoms with Crippen molar-refractivity contribution in [2.75, 3.05) is 6.54 Å². The van der Waals surface area contributed by atoms with E-state index in [1.807, 2.05) is 6.07 Å². The average Bonchev–Trinajstić information content (AvgIpc) is 2.82. The Morgan fingerprint density at radius 2 is 2.12 bits per heavy atom. The van der Waals surface area contributed by atoms with Crippen LogP contribution in [0, 0.1) is 5.82 Å². The predicted octanol–water partition coefficient (Wildman–Crippen LogP) is 3.12. The summed E-state index contributed by atoms with van der Waals surface area (Å²) < 4.78 is 14.7. The molecule has 0 bridgehead atoms. The lowest BCUT2D eigenvalue weighted by molar-refractivity contribution is 0.431. The van der Waals surface area contributed by atoms with E-state index in [1.165, 1.54) is 31.7 Å². The van der Waals surface area contributed by atoms with Crippen molar-refractivity contribution in [3.63, 3.8) is 0 Å². The molecule has 0 heterocycles. The number of halogens is 2. The highest BCUT2D eigenvalue weighted by Crippen LogP contribution is 2.25. The van der Waals surface area contributed by atoms with E-state index in [1.54, 1.807) is 6.07 Å². The summed E-state index contributed by atoms with van der Waals surface area (Å²) in [5.41, 5.74) is 6.42. The molecule has 1 atom stereocenters. The van der Waals surface area contributed by atoms with Gasteiger partial charge in [0.25, 0.3) is 0 Å². The minimum absolute atomic E-state index is 0.0874. The zero-order valence-corrected chi connectivity index (χ0v) is 11.3. The number of benzene rings is 1. The number of hydrogen-bond acceptors (Lipinski definition) is 2. The zero-order valence-electron chi connectivity index (χ0n) is 9.76. The Morgan fingerprint density at radius 1 is 1.41 bits per heavy atom. The summed E-state index contributed by atoms with van der Waals surface area (Å²) in [6.07, 6.45) is 4.87. The molecule has 1 aromatic rings. The van der Waals surface area contributed by atoms with Crippen LogP contribution in [0.4, 0.5) is 4.39 Å². The van der Waals surface area contributed by atoms with Crippen LogP contribution in [0.3, 0.4) is 0 Å². The van der Waals surface area contributed by atoms with Crippen molar-refractivity contribution in [3.05, 3.63) is 34.1 Å². The summed E-state index contributed by atoms with van der Waals surface area (Å²) in [6, 6.07) is 5.41. The van der Waals surface area contributed by atoms with Gasteiger partial charge in [0.05, 0.1) is 0 Å². The SMILES string of the molecule is NCC(NC1CCCC1)c1cc(Br)ccc1F. The fourth-order valence-electron chi connectivity index (χ4n) is 2.44. The molecule has 0 saturated heterocycles. The smallest absolute Gasteiger partial charge is 0.128 e. The van der Waals surface area contributed by atoms with Crippen molar-refractivity contribution in [3.8, 4) is 0 Å². The third-order valence-electron chi connectivity index (χ3n) is 3.36. The van der Waals surface area contributed by atoms with Gasteiger partial charge in [-0.3, -0.25) is 0 Å². The van der Waals surface area contributed by atoms with Crippen LogP contribution in [0.15, 0.2) is 22.7 Å². The first-order valence-corrected chi connectivity index (χ1v) is 6.91. The van der Waals surface area contributed by atoms with Gasteiger partial charge in [-0.25, -0.2) is 4.39 Å². The second-order valence-corrected chi connectivity index (χ2v) is 5.52. The molecular weight excluding hydrogens is 283 g/mol. The van der Waals surface area contributed by atoms with E-state index in [9.17, 15) is 4.39 Å². The van der Waals surface area contributed by atoms with Crippen LogP contribution in [-0.4, -0.2) is 12.6 Å². The summed E-state index contributed by atoms with van der Waals surface area (Å²) >= 11 is 3.37. The molecule has 1 fully saturated rings. The molecule has 4 heteroatoms. The van der Waals surface area contributed by atoms with Gasteiger partial charge in [0.2, 0.25) is 0 Å². The van der Waals surface area contributed by atoms with Gasteiger partial charge in [0.1, 0.15) is 5.82 Å². The molecule has 0 spiro atoms. The lowest BCUT2D eigenvalue weighted by atomic mass is 10.0. The van der Waals surface area contributed by atoms with Crippen molar-refractivity contribution in [2.45, 2.75) is 37.8 Å². The molecule has 0 aliphatic heterocycles. The number of nitrogens with two attached hydrogens (primary N) is 1. The molecule has 1 aromatic carbocycles. The van der Waals surface area contributed by atoms with E-state index < -0.39 is 0 Å². The maximum absolute atomic E-state index is 13.8. The molecule has 3 N–H and O–H groups in total. The van der Waals surface area contributed by atoms with E-state index in [0.29, 0.717) is 18.2 Å². The molecule has 17 heavy (non-hydrogen) atoms. The van der Waals surface area contributed by atoms with Gasteiger partial charge < -0.3 is 11.1 Å². The van der Waals surface area contributed by atoms with Gasteiger partial charge in [-0.2, -0.15) is 0 Å². The van der Waals surface area contributed by atoms with E-state index in [0.717, 1.165) is 4.47 Å². The Hall–Kier alpha value is -0.450. The van der Waals surface area contributed by atoms with Gasteiger partial charge in [-0.05, 0) is 31.0 Å². The van der Waals surface area contributed by atoms with Crippen LogP contribution in [0.25, 0.3) is 0 Å². The van der Waals surface area contributed by atoms with Crippen molar-refractivity contribution >= 4 is 15.9 Å². The van der Waals surface area contributed by atoms with Crippen LogP contribution < -0.4 is 11.1 Å². The molecule has 0 aromatic heterocycles. The first-order valence-electron chi connectivity index (χ1n) is 6.12. The van der Waals surface area contributed by atoms with E-state index in [2.05, 4.69) is 21.2 Å². The third-order valence-corrected chi connectivity index (χ3v) is 3.85. The number of nitrogens with one attached hydrogen (secondary N) is 1. The fraction of sp³-hybridized carbons (Fsp3) is 0.538. The Bertz CT molecular complexity index is 378. The van der Waals surface area contributed by atoms with Crippen molar-refractivity contribution < 1.29 is 4.39 Å². The Balaban J connectivity index is 2.13. The van der Waals surface area contributed by atoms with E-state index in [4.69, 9.17) is 5.73 Å². The third kappa shape index (κ3) is 3.27. The molecular formula is C13H18BrFN2. The standard InChI is InChI=1S/C13H18BrFN2/c14-9-5-6-12(15)11(7-9)13(8-16)17-10-3-1-2-4-10/h5-7,10,13,17H,1-4,8,16H2. The molecule has 2 nitrogen and oxygen atoms in total. The monoisotopic (exact) mass is 300 g/mol. The highest BCUT2D eigenvalue weighted by molar-refractivity contribution is 9.10. The summed E-state index contributed by atoms with van der Waals surface area (Å²) in [5, 5.41) is 3.46. The molecule has 1 aliphatic carbocycles. The zero-order chi connectivity index (χ0) is 12.3. The van der Waals surface area contributed by atoms with Gasteiger partial charge >= 0.3 is 0 Å². The minimum atomic E-state index is -0.186. The van der Waals surface area contributed by atoms with Gasteiger partial charge in [0.15, 0.2) is 0 Å². The van der Waals surface area contributed by atoms with Gasteiger partial charge in [0, 0.05) is 28.7 Å². The van der Waals surface area contributed by atoms with E-state index in [-0.39, 0.29) is 11.9 Å². The summed E-state index contributed by atoms with van der Waals surface area (Å²) in [4.78, 5) is 0. The number of hydrogen-bond donors (Lipinski definition) is 2. The first kappa shape index (κ1) is 13.0. The van der Waals surface area contributed by atoms with Gasteiger partial charge in [-0.15, -0.1) is 0 Å². The topological polar surface area (TPSA) is 38.0 Å². The van der Waals surface area contributed by atoms with Crippen molar-refractivity contribution in [1.82, 2.24) is 5.32 Å². The molecule has 0 amide bonds. The highest BCUT2D eigenvalue weighted by atomic mass is 79.9. The molecule has 0 radical (unpaired) electrons. The van der Waals surface area contributed by atoms with Crippen molar-refractivity contribution in [2.24, 2.45) is 5.73 Å². The van der Waals surface area contributed by atoms with Crippen LogP contribution in [-0.2, 0) is 0 Å².